The van der Waals surface area contributed by atoms with Crippen LogP contribution in [0.15, 0.2) is 18.1 Å². The van der Waals surface area contributed by atoms with E-state index in [4.69, 9.17) is 29.3 Å². The molecule has 0 atom stereocenters. The summed E-state index contributed by atoms with van der Waals surface area (Å²) in [5, 5.41) is 0. The summed E-state index contributed by atoms with van der Waals surface area (Å²) in [4.78, 5) is 0. The first-order chi connectivity index (χ1) is 19.2. The van der Waals surface area contributed by atoms with Gasteiger partial charge < -0.3 is 0 Å². The molecule has 43 heavy (non-hydrogen) atoms. The predicted octanol–water partition coefficient (Wildman–Crippen LogP) is 5.60. The Kier molecular flexibility index (Phi) is 17.0. The molecule has 0 amide bonds. The van der Waals surface area contributed by atoms with Crippen molar-refractivity contribution in [3.63, 3.8) is 0 Å². The van der Waals surface area contributed by atoms with Crippen molar-refractivity contribution in [2.24, 2.45) is 18.1 Å². The molecular formula is C22H67ClN15P5. The SMILES string of the molecule is CN(C)P(Cl)(=N[PH](N=P(N(C)C)(N(C)C)N(C)C)(N=P(N(C)C)(N(C)C)N(C)C)N=P(N(C)C)(N(C)C)N(C)C)N(C)C. The molecule has 0 aromatic carbocycles. The Balaban J connectivity index is 9.93. The van der Waals surface area contributed by atoms with E-state index in [1.54, 1.807) is 0 Å². The molecule has 0 bridgehead atoms. The van der Waals surface area contributed by atoms with Crippen LogP contribution in [0.4, 0.5) is 0 Å². The van der Waals surface area contributed by atoms with Crippen LogP contribution in [0.25, 0.3) is 0 Å². The molecule has 15 nitrogen and oxygen atoms in total. The van der Waals surface area contributed by atoms with Crippen LogP contribution in [-0.2, 0) is 0 Å². The first kappa shape index (κ1) is 44.2. The fourth-order valence-corrected chi connectivity index (χ4v) is 30.1. The van der Waals surface area contributed by atoms with Gasteiger partial charge >= 0.3 is 273 Å². The molecule has 0 saturated carbocycles. The van der Waals surface area contributed by atoms with Crippen LogP contribution in [0, 0.1) is 0 Å². The molecule has 0 fully saturated rings. The summed E-state index contributed by atoms with van der Waals surface area (Å²) in [5.41, 5.74) is 0. The molecular weight excluding hydrogens is 665 g/mol. The van der Waals surface area contributed by atoms with Gasteiger partial charge in [0.1, 0.15) is 0 Å². The summed E-state index contributed by atoms with van der Waals surface area (Å²) in [6.45, 7) is -2.83. The van der Waals surface area contributed by atoms with Crippen LogP contribution in [0.1, 0.15) is 0 Å². The van der Waals surface area contributed by atoms with Gasteiger partial charge in [0, 0.05) is 0 Å². The van der Waals surface area contributed by atoms with Crippen LogP contribution in [0.3, 0.4) is 0 Å². The predicted molar refractivity (Wildman–Crippen MR) is 202 cm³/mol. The minimum atomic E-state index is -3.92. The van der Waals surface area contributed by atoms with E-state index in [1.165, 1.54) is 0 Å². The summed E-state index contributed by atoms with van der Waals surface area (Å²) in [5.74, 6) is 0. The van der Waals surface area contributed by atoms with E-state index < -0.39 is 37.1 Å². The van der Waals surface area contributed by atoms with Gasteiger partial charge in [0.25, 0.3) is 0 Å². The Morgan fingerprint density at radius 1 is 0.302 bits per heavy atom. The molecule has 0 radical (unpaired) electrons. The molecule has 0 aliphatic rings. The van der Waals surface area contributed by atoms with E-state index in [0.717, 1.165) is 0 Å². The maximum atomic E-state index is 7.66. The molecule has 0 aliphatic heterocycles. The molecule has 0 rings (SSSR count). The van der Waals surface area contributed by atoms with Gasteiger partial charge in [-0.1, -0.05) is 0 Å². The van der Waals surface area contributed by atoms with E-state index in [9.17, 15) is 0 Å². The Morgan fingerprint density at radius 2 is 0.465 bits per heavy atom. The second-order valence-electron chi connectivity index (χ2n) is 12.4. The van der Waals surface area contributed by atoms with Gasteiger partial charge in [0.15, 0.2) is 0 Å². The van der Waals surface area contributed by atoms with Gasteiger partial charge in [0.05, 0.1) is 0 Å². The summed E-state index contributed by atoms with van der Waals surface area (Å²) < 4.78 is 47.5. The van der Waals surface area contributed by atoms with E-state index in [-0.39, 0.29) is 0 Å². The Morgan fingerprint density at radius 3 is 0.581 bits per heavy atom. The normalized spacial score (nSPS) is 15.2. The van der Waals surface area contributed by atoms with Crippen LogP contribution < -0.4 is 0 Å². The van der Waals surface area contributed by atoms with E-state index in [0.29, 0.717) is 0 Å². The monoisotopic (exact) mass is 731 g/mol. The zero-order chi connectivity index (χ0) is 34.7. The third kappa shape index (κ3) is 8.82. The minimum absolute atomic E-state index is 1.98. The molecule has 0 saturated heterocycles. The third-order valence-electron chi connectivity index (χ3n) is 6.91. The Bertz CT molecular complexity index is 925. The van der Waals surface area contributed by atoms with Crippen molar-refractivity contribution in [2.75, 3.05) is 155 Å². The zero-order valence-corrected chi connectivity index (χ0v) is 36.7. The first-order valence-electron chi connectivity index (χ1n) is 13.9. The van der Waals surface area contributed by atoms with Crippen LogP contribution >= 0.6 is 48.3 Å². The quantitative estimate of drug-likeness (QED) is 0.198. The van der Waals surface area contributed by atoms with Crippen molar-refractivity contribution >= 4 is 48.3 Å². The van der Waals surface area contributed by atoms with Gasteiger partial charge in [-0.25, -0.2) is 0 Å². The number of nitrogens with zero attached hydrogens (tertiary/aromatic N) is 15. The van der Waals surface area contributed by atoms with Gasteiger partial charge in [-0.05, 0) is 0 Å². The molecule has 0 aromatic rings. The second kappa shape index (κ2) is 16.5. The summed E-state index contributed by atoms with van der Waals surface area (Å²) in [7, 11) is 33.7. The Hall–Kier alpha value is 1.20. The van der Waals surface area contributed by atoms with Crippen molar-refractivity contribution < 1.29 is 0 Å². The van der Waals surface area contributed by atoms with Crippen molar-refractivity contribution in [1.82, 2.24) is 51.4 Å². The van der Waals surface area contributed by atoms with E-state index >= 15 is 0 Å². The second-order valence-corrected chi connectivity index (χ2v) is 31.2. The van der Waals surface area contributed by atoms with Crippen molar-refractivity contribution in [3.05, 3.63) is 0 Å². The fraction of sp³-hybridized carbons (Fsp3) is 1.00. The number of hydrogen-bond donors (Lipinski definition) is 0. The van der Waals surface area contributed by atoms with E-state index in [2.05, 4.69) is 169 Å². The number of rotatable bonds is 15. The van der Waals surface area contributed by atoms with Gasteiger partial charge in [-0.15, -0.1) is 0 Å². The van der Waals surface area contributed by atoms with Gasteiger partial charge in [0.2, 0.25) is 0 Å². The summed E-state index contributed by atoms with van der Waals surface area (Å²) in [6, 6.07) is 0. The molecule has 21 heteroatoms. The van der Waals surface area contributed by atoms with Crippen molar-refractivity contribution in [3.8, 4) is 0 Å². The maximum absolute atomic E-state index is 7.66. The van der Waals surface area contributed by atoms with E-state index in [1.807, 2.05) is 37.5 Å². The standard InChI is InChI=1S/C22H67ClN15P5/c1-28(2)39(23,29(3)4)24-40(25-41(30(5)6,31(7)8)32(9)10,26-42(33(11)12,34(13)14)35(15)16)27-43(36(17)18,37(19)20)38(21)22/h40H,1-22H3. The molecule has 0 aliphatic carbocycles. The first-order valence-corrected chi connectivity index (χ1v) is 23.0. The van der Waals surface area contributed by atoms with Crippen molar-refractivity contribution in [1.29, 1.82) is 0 Å². The third-order valence-corrected chi connectivity index (χ3v) is 29.6. The summed E-state index contributed by atoms with van der Waals surface area (Å²) in [6.07, 6.45) is 0. The molecule has 0 aromatic heterocycles. The molecule has 0 N–H and O–H groups in total. The van der Waals surface area contributed by atoms with Gasteiger partial charge in [-0.3, -0.25) is 0 Å². The topological polar surface area (TPSA) is 85.1 Å². The van der Waals surface area contributed by atoms with Crippen LogP contribution in [0.5, 0.6) is 0 Å². The van der Waals surface area contributed by atoms with Crippen LogP contribution in [0.2, 0.25) is 0 Å². The molecule has 262 valence electrons. The van der Waals surface area contributed by atoms with Crippen LogP contribution in [-0.4, -0.2) is 206 Å². The van der Waals surface area contributed by atoms with Crippen molar-refractivity contribution in [2.45, 2.75) is 0 Å². The number of halogens is 1. The average molecular weight is 732 g/mol. The number of hydrogen-bond acceptors (Lipinski definition) is 4. The Labute approximate surface area is 272 Å². The fourth-order valence-electron chi connectivity index (χ4n) is 5.39. The summed E-state index contributed by atoms with van der Waals surface area (Å²) >= 11 is 7.66. The molecule has 0 unspecified atom stereocenters. The zero-order valence-electron chi connectivity index (χ0n) is 31.4. The van der Waals surface area contributed by atoms with Gasteiger partial charge in [-0.2, -0.15) is 0 Å². The average Bonchev–Trinajstić information content (AvgIpc) is 2.82. The molecule has 0 heterocycles. The molecule has 0 spiro atoms.